The molecule has 2 saturated heterocycles. The van der Waals surface area contributed by atoms with Gasteiger partial charge in [-0.25, -0.2) is 4.79 Å². The number of hydrogen-bond donors (Lipinski definition) is 1. The second-order valence-corrected chi connectivity index (χ2v) is 6.46. The van der Waals surface area contributed by atoms with Gasteiger partial charge in [0.05, 0.1) is 0 Å². The molecule has 0 aromatic carbocycles. The zero-order valence-electron chi connectivity index (χ0n) is 13.2. The average molecular weight is 302 g/mol. The van der Waals surface area contributed by atoms with Crippen molar-refractivity contribution >= 4 is 11.9 Å². The number of carbonyl (C=O) groups excluding carboxylic acids is 2. The fourth-order valence-electron chi connectivity index (χ4n) is 3.41. The summed E-state index contributed by atoms with van der Waals surface area (Å²) in [5.41, 5.74) is 0.423. The number of pyridine rings is 1. The number of amides is 3. The van der Waals surface area contributed by atoms with Crippen molar-refractivity contribution in [1.29, 1.82) is 0 Å². The summed E-state index contributed by atoms with van der Waals surface area (Å²) in [7, 11) is 0. The molecule has 2 aliphatic heterocycles. The van der Waals surface area contributed by atoms with Gasteiger partial charge >= 0.3 is 6.03 Å². The Morgan fingerprint density at radius 3 is 2.50 bits per heavy atom. The van der Waals surface area contributed by atoms with Gasteiger partial charge in [-0.05, 0) is 44.9 Å². The first-order valence-electron chi connectivity index (χ1n) is 7.74. The fourth-order valence-corrected chi connectivity index (χ4v) is 3.41. The normalized spacial score (nSPS) is 27.0. The van der Waals surface area contributed by atoms with Gasteiger partial charge in [0, 0.05) is 37.6 Å². The minimum atomic E-state index is -0.747. The van der Waals surface area contributed by atoms with E-state index in [0.717, 1.165) is 6.54 Å². The first-order valence-corrected chi connectivity index (χ1v) is 7.74. The van der Waals surface area contributed by atoms with Gasteiger partial charge in [0.25, 0.3) is 5.91 Å². The topological polar surface area (TPSA) is 65.5 Å². The molecule has 1 N–H and O–H groups in total. The van der Waals surface area contributed by atoms with Crippen LogP contribution >= 0.6 is 0 Å². The van der Waals surface area contributed by atoms with E-state index in [1.165, 1.54) is 10.5 Å². The maximum Gasteiger partial charge on any atom is 0.325 e. The molecule has 0 aliphatic carbocycles. The second-order valence-electron chi connectivity index (χ2n) is 6.46. The lowest BCUT2D eigenvalue weighted by Gasteiger charge is -2.27. The maximum atomic E-state index is 12.7. The molecule has 1 aromatic rings. The van der Waals surface area contributed by atoms with Crippen LogP contribution in [-0.2, 0) is 4.79 Å². The number of imide groups is 1. The summed E-state index contributed by atoms with van der Waals surface area (Å²) in [5, 5.41) is 2.93. The second kappa shape index (κ2) is 5.35. The third kappa shape index (κ3) is 2.27. The Bertz CT molecular complexity index is 589. The lowest BCUT2D eigenvalue weighted by molar-refractivity contribution is -0.132. The minimum Gasteiger partial charge on any atom is -0.322 e. The highest BCUT2D eigenvalue weighted by Crippen LogP contribution is 2.34. The van der Waals surface area contributed by atoms with E-state index in [4.69, 9.17) is 0 Å². The molecule has 6 heteroatoms. The van der Waals surface area contributed by atoms with E-state index < -0.39 is 5.54 Å². The zero-order chi connectivity index (χ0) is 15.9. The smallest absolute Gasteiger partial charge is 0.322 e. The lowest BCUT2D eigenvalue weighted by atomic mass is 9.98. The van der Waals surface area contributed by atoms with Crippen molar-refractivity contribution in [2.24, 2.45) is 0 Å². The first kappa shape index (κ1) is 15.0. The predicted octanol–water partition coefficient (Wildman–Crippen LogP) is 1.55. The molecular weight excluding hydrogens is 280 g/mol. The van der Waals surface area contributed by atoms with E-state index in [0.29, 0.717) is 13.0 Å². The Balaban J connectivity index is 1.78. The number of nitrogens with zero attached hydrogens (tertiary/aromatic N) is 3. The largest absolute Gasteiger partial charge is 0.325 e. The first-order chi connectivity index (χ1) is 10.4. The summed E-state index contributed by atoms with van der Waals surface area (Å²) in [5.74, 6) is -0.0862. The molecular formula is C16H22N4O2. The number of aromatic nitrogens is 1. The van der Waals surface area contributed by atoms with Crippen molar-refractivity contribution < 1.29 is 9.59 Å². The Kier molecular flexibility index (Phi) is 3.64. The summed E-state index contributed by atoms with van der Waals surface area (Å²) < 4.78 is 0. The molecule has 2 aliphatic rings. The SMILES string of the molecule is CC(C)N1C(=O)N[C@@]2(CCN([C@H](C)c3ccncc3)C2)C1=O. The monoisotopic (exact) mass is 302 g/mol. The van der Waals surface area contributed by atoms with Crippen LogP contribution in [0.15, 0.2) is 24.5 Å². The highest BCUT2D eigenvalue weighted by Gasteiger charge is 2.55. The summed E-state index contributed by atoms with van der Waals surface area (Å²) in [6, 6.07) is 3.80. The molecule has 0 unspecified atom stereocenters. The van der Waals surface area contributed by atoms with Crippen LogP contribution in [0.25, 0.3) is 0 Å². The van der Waals surface area contributed by atoms with Gasteiger partial charge in [-0.15, -0.1) is 0 Å². The van der Waals surface area contributed by atoms with E-state index in [1.807, 2.05) is 26.0 Å². The standard InChI is InChI=1S/C16H22N4O2/c1-11(2)20-14(21)16(18-15(20)22)6-9-19(10-16)12(3)13-4-7-17-8-5-13/h4-5,7-8,11-12H,6,9-10H2,1-3H3,(H,18,22)/t12-,16-/m1/s1. The molecule has 1 aromatic heterocycles. The van der Waals surface area contributed by atoms with Crippen LogP contribution in [0.4, 0.5) is 4.79 Å². The van der Waals surface area contributed by atoms with Crippen LogP contribution in [0.3, 0.4) is 0 Å². The van der Waals surface area contributed by atoms with Crippen molar-refractivity contribution in [1.82, 2.24) is 20.1 Å². The van der Waals surface area contributed by atoms with E-state index >= 15 is 0 Å². The van der Waals surface area contributed by atoms with Crippen molar-refractivity contribution in [3.05, 3.63) is 30.1 Å². The van der Waals surface area contributed by atoms with Crippen molar-refractivity contribution in [2.75, 3.05) is 13.1 Å². The van der Waals surface area contributed by atoms with Crippen LogP contribution in [-0.4, -0.2) is 51.4 Å². The van der Waals surface area contributed by atoms with Crippen molar-refractivity contribution in [3.8, 4) is 0 Å². The summed E-state index contributed by atoms with van der Waals surface area (Å²) in [4.78, 5) is 32.4. The number of nitrogens with one attached hydrogen (secondary N) is 1. The summed E-state index contributed by atoms with van der Waals surface area (Å²) in [6.45, 7) is 7.20. The van der Waals surface area contributed by atoms with Gasteiger partial charge in [0.15, 0.2) is 0 Å². The molecule has 22 heavy (non-hydrogen) atoms. The zero-order valence-corrected chi connectivity index (χ0v) is 13.2. The molecule has 2 fully saturated rings. The molecule has 3 amide bonds. The van der Waals surface area contributed by atoms with E-state index in [2.05, 4.69) is 22.1 Å². The van der Waals surface area contributed by atoms with Crippen LogP contribution in [0.2, 0.25) is 0 Å². The fraction of sp³-hybridized carbons (Fsp3) is 0.562. The van der Waals surface area contributed by atoms with Crippen LogP contribution in [0, 0.1) is 0 Å². The molecule has 6 nitrogen and oxygen atoms in total. The molecule has 2 atom stereocenters. The van der Waals surface area contributed by atoms with Gasteiger partial charge in [0.1, 0.15) is 5.54 Å². The Labute approximate surface area is 130 Å². The maximum absolute atomic E-state index is 12.7. The van der Waals surface area contributed by atoms with E-state index in [-0.39, 0.29) is 24.0 Å². The molecule has 0 bridgehead atoms. The lowest BCUT2D eigenvalue weighted by Crippen LogP contribution is -2.49. The van der Waals surface area contributed by atoms with E-state index in [1.54, 1.807) is 12.4 Å². The van der Waals surface area contributed by atoms with Crippen LogP contribution in [0.5, 0.6) is 0 Å². The van der Waals surface area contributed by atoms with Gasteiger partial charge in [0.2, 0.25) is 0 Å². The van der Waals surface area contributed by atoms with Gasteiger partial charge in [-0.3, -0.25) is 19.6 Å². The number of urea groups is 1. The third-order valence-corrected chi connectivity index (χ3v) is 4.74. The highest BCUT2D eigenvalue weighted by atomic mass is 16.2. The van der Waals surface area contributed by atoms with E-state index in [9.17, 15) is 9.59 Å². The van der Waals surface area contributed by atoms with Crippen LogP contribution < -0.4 is 5.32 Å². The minimum absolute atomic E-state index is 0.0862. The highest BCUT2D eigenvalue weighted by molar-refractivity contribution is 6.07. The van der Waals surface area contributed by atoms with Crippen molar-refractivity contribution in [3.63, 3.8) is 0 Å². The number of rotatable bonds is 3. The summed E-state index contributed by atoms with van der Waals surface area (Å²) >= 11 is 0. The molecule has 0 radical (unpaired) electrons. The summed E-state index contributed by atoms with van der Waals surface area (Å²) in [6.07, 6.45) is 4.22. The van der Waals surface area contributed by atoms with Gasteiger partial charge < -0.3 is 5.32 Å². The van der Waals surface area contributed by atoms with Gasteiger partial charge in [-0.1, -0.05) is 0 Å². The molecule has 118 valence electrons. The number of hydrogen-bond acceptors (Lipinski definition) is 4. The third-order valence-electron chi connectivity index (χ3n) is 4.74. The number of carbonyl (C=O) groups is 2. The molecule has 1 spiro atoms. The Morgan fingerprint density at radius 1 is 1.23 bits per heavy atom. The van der Waals surface area contributed by atoms with Crippen LogP contribution in [0.1, 0.15) is 38.8 Å². The molecule has 3 rings (SSSR count). The number of likely N-dealkylation sites (tertiary alicyclic amines) is 1. The average Bonchev–Trinajstić information content (AvgIpc) is 3.02. The Morgan fingerprint density at radius 2 is 1.91 bits per heavy atom. The Hall–Kier alpha value is -1.95. The molecule has 3 heterocycles. The quantitative estimate of drug-likeness (QED) is 0.860. The molecule has 0 saturated carbocycles. The van der Waals surface area contributed by atoms with Gasteiger partial charge in [-0.2, -0.15) is 0 Å². The predicted molar refractivity (Wildman–Crippen MR) is 82.1 cm³/mol. The van der Waals surface area contributed by atoms with Crippen molar-refractivity contribution in [2.45, 2.75) is 44.8 Å².